The Morgan fingerprint density at radius 3 is 2.74 bits per heavy atom. The summed E-state index contributed by atoms with van der Waals surface area (Å²) in [5.74, 6) is -0.182. The van der Waals surface area contributed by atoms with Gasteiger partial charge in [0.25, 0.3) is 5.95 Å². The first-order chi connectivity index (χ1) is 16.0. The van der Waals surface area contributed by atoms with E-state index in [4.69, 9.17) is 4.74 Å². The second-order valence-corrected chi connectivity index (χ2v) is 10.6. The Hall–Kier alpha value is -2.23. The van der Waals surface area contributed by atoms with Crippen molar-refractivity contribution in [3.8, 4) is 0 Å². The molecule has 0 bridgehead atoms. The second kappa shape index (κ2) is 9.79. The van der Waals surface area contributed by atoms with Crippen LogP contribution in [0.3, 0.4) is 0 Å². The molecule has 1 atom stereocenters. The first-order valence-electron chi connectivity index (χ1n) is 11.1. The number of aromatic nitrogens is 4. The lowest BCUT2D eigenvalue weighted by atomic mass is 9.92. The third-order valence-electron chi connectivity index (χ3n) is 6.07. The molecular weight excluding hydrogens is 479 g/mol. The number of fused-ring (bicyclic) bond motifs is 1. The van der Waals surface area contributed by atoms with Gasteiger partial charge in [-0.15, -0.1) is 0 Å². The van der Waals surface area contributed by atoms with Crippen molar-refractivity contribution >= 4 is 32.8 Å². The van der Waals surface area contributed by atoms with Crippen LogP contribution in [-0.4, -0.2) is 83.6 Å². The number of nitrogens with one attached hydrogen (secondary N) is 2. The third-order valence-corrected chi connectivity index (χ3v) is 7.51. The van der Waals surface area contributed by atoms with Gasteiger partial charge in [0.15, 0.2) is 11.5 Å². The number of hydrogen-bond acceptors (Lipinski definition) is 9. The normalized spacial score (nSPS) is 24.5. The van der Waals surface area contributed by atoms with Crippen LogP contribution < -0.4 is 14.7 Å². The summed E-state index contributed by atoms with van der Waals surface area (Å²) in [5, 5.41) is 19.6. The van der Waals surface area contributed by atoms with Crippen molar-refractivity contribution in [1.82, 2.24) is 24.9 Å². The Morgan fingerprint density at radius 1 is 1.32 bits per heavy atom. The van der Waals surface area contributed by atoms with Gasteiger partial charge in [-0.3, -0.25) is 10.3 Å². The van der Waals surface area contributed by atoms with Crippen LogP contribution in [0.25, 0.3) is 11.0 Å². The van der Waals surface area contributed by atoms with Crippen molar-refractivity contribution in [2.75, 3.05) is 35.4 Å². The molecule has 2 fully saturated rings. The Morgan fingerprint density at radius 2 is 2.06 bits per heavy atom. The van der Waals surface area contributed by atoms with E-state index in [-0.39, 0.29) is 18.1 Å². The number of hydrogen-bond donors (Lipinski definition) is 3. The van der Waals surface area contributed by atoms with E-state index in [0.29, 0.717) is 51.0 Å². The second-order valence-electron chi connectivity index (χ2n) is 8.76. The zero-order valence-electron chi connectivity index (χ0n) is 18.6. The number of sulfonamides is 1. The zero-order chi connectivity index (χ0) is 24.5. The summed E-state index contributed by atoms with van der Waals surface area (Å²) in [7, 11) is -4.03. The molecule has 34 heavy (non-hydrogen) atoms. The molecule has 0 unspecified atom stereocenters. The van der Waals surface area contributed by atoms with E-state index in [0.717, 1.165) is 16.3 Å². The molecule has 0 spiro atoms. The fourth-order valence-electron chi connectivity index (χ4n) is 4.31. The van der Waals surface area contributed by atoms with Crippen LogP contribution in [0, 0.1) is 0 Å². The number of ether oxygens (including phenoxy) is 1. The lowest BCUT2D eigenvalue weighted by Crippen LogP contribution is -2.44. The Labute approximate surface area is 194 Å². The number of alkyl halides is 3. The maximum absolute atomic E-state index is 12.3. The van der Waals surface area contributed by atoms with Gasteiger partial charge in [0.2, 0.25) is 10.0 Å². The van der Waals surface area contributed by atoms with Crippen molar-refractivity contribution in [3.63, 3.8) is 0 Å². The van der Waals surface area contributed by atoms with E-state index in [1.54, 1.807) is 6.20 Å². The summed E-state index contributed by atoms with van der Waals surface area (Å²) in [6.07, 6.45) is -2.65. The highest BCUT2D eigenvalue weighted by molar-refractivity contribution is 7.89. The van der Waals surface area contributed by atoms with E-state index in [2.05, 4.69) is 29.8 Å². The lowest BCUT2D eigenvalue weighted by Gasteiger charge is -2.33. The van der Waals surface area contributed by atoms with E-state index in [1.807, 2.05) is 6.92 Å². The zero-order valence-corrected chi connectivity index (χ0v) is 19.4. The monoisotopic (exact) mass is 507 g/mol. The maximum Gasteiger partial charge on any atom is 0.390 e. The van der Waals surface area contributed by atoms with Gasteiger partial charge in [0.05, 0.1) is 36.3 Å². The fraction of sp³-hybridized carbons (Fsp3) is 0.737. The molecule has 2 aliphatic rings. The SMILES string of the molecule is C[C@H]1CN(c2n[nH]c3nc(N(O)C4CCC(NS(=O)(=O)CCC(F)(F)F)CC4)ncc23)CCO1. The number of morpholine rings is 1. The first kappa shape index (κ1) is 24.9. The molecule has 1 aliphatic heterocycles. The summed E-state index contributed by atoms with van der Waals surface area (Å²) in [6, 6.07) is -0.826. The van der Waals surface area contributed by atoms with Crippen LogP contribution in [0.5, 0.6) is 0 Å². The molecule has 2 aromatic rings. The number of halogens is 3. The summed E-state index contributed by atoms with van der Waals surface area (Å²) in [6.45, 7) is 3.97. The molecule has 4 rings (SSSR count). The summed E-state index contributed by atoms with van der Waals surface area (Å²) in [4.78, 5) is 10.8. The Balaban J connectivity index is 1.35. The van der Waals surface area contributed by atoms with Crippen LogP contribution in [0.1, 0.15) is 39.0 Å². The molecule has 1 saturated carbocycles. The number of H-pyrrole nitrogens is 1. The summed E-state index contributed by atoms with van der Waals surface area (Å²) in [5.41, 5.74) is 0.476. The number of hydroxylamine groups is 1. The third kappa shape index (κ3) is 6.06. The highest BCUT2D eigenvalue weighted by Crippen LogP contribution is 2.28. The van der Waals surface area contributed by atoms with Crippen molar-refractivity contribution in [2.24, 2.45) is 0 Å². The van der Waals surface area contributed by atoms with Gasteiger partial charge in [-0.25, -0.2) is 23.2 Å². The molecule has 15 heteroatoms. The van der Waals surface area contributed by atoms with Crippen molar-refractivity contribution in [1.29, 1.82) is 0 Å². The van der Waals surface area contributed by atoms with Crippen LogP contribution >= 0.6 is 0 Å². The number of anilines is 2. The molecular formula is C19H28F3N7O4S. The Bertz CT molecular complexity index is 1090. The van der Waals surface area contributed by atoms with Crippen LogP contribution in [0.2, 0.25) is 0 Å². The standard InChI is InChI=1S/C19H28F3N7O4S/c1-12-11-28(7-8-33-12)17-15-10-23-18(24-16(15)25-26-17)29(30)14-4-2-13(3-5-14)27-34(31,32)9-6-19(20,21)22/h10,12-14,27,30H,2-9,11H2,1H3,(H,23,24,25,26)/t12-,13?,14?/m0/s1. The number of aromatic amines is 1. The van der Waals surface area contributed by atoms with Gasteiger partial charge in [-0.05, 0) is 32.6 Å². The van der Waals surface area contributed by atoms with Gasteiger partial charge >= 0.3 is 6.18 Å². The minimum Gasteiger partial charge on any atom is -0.375 e. The minimum atomic E-state index is -4.53. The molecule has 190 valence electrons. The molecule has 0 radical (unpaired) electrons. The van der Waals surface area contributed by atoms with E-state index in [1.165, 1.54) is 0 Å². The minimum absolute atomic E-state index is 0.0814. The maximum atomic E-state index is 12.3. The average Bonchev–Trinajstić information content (AvgIpc) is 3.20. The van der Waals surface area contributed by atoms with Gasteiger partial charge in [0.1, 0.15) is 0 Å². The quantitative estimate of drug-likeness (QED) is 0.480. The number of nitrogens with zero attached hydrogens (tertiary/aromatic N) is 5. The molecule has 0 amide bonds. The van der Waals surface area contributed by atoms with Crippen molar-refractivity contribution in [2.45, 2.75) is 63.4 Å². The highest BCUT2D eigenvalue weighted by Gasteiger charge is 2.33. The molecule has 11 nitrogen and oxygen atoms in total. The van der Waals surface area contributed by atoms with Crippen molar-refractivity contribution < 1.29 is 31.5 Å². The molecule has 0 aromatic carbocycles. The fourth-order valence-corrected chi connectivity index (χ4v) is 5.68. The summed E-state index contributed by atoms with van der Waals surface area (Å²) < 4.78 is 68.7. The largest absolute Gasteiger partial charge is 0.390 e. The average molecular weight is 508 g/mol. The first-order valence-corrected chi connectivity index (χ1v) is 12.8. The topological polar surface area (TPSA) is 137 Å². The molecule has 3 N–H and O–H groups in total. The molecule has 1 aliphatic carbocycles. The van der Waals surface area contributed by atoms with Crippen LogP contribution in [0.4, 0.5) is 24.9 Å². The number of rotatable bonds is 7. The predicted octanol–water partition coefficient (Wildman–Crippen LogP) is 1.96. The van der Waals surface area contributed by atoms with Gasteiger partial charge in [-0.2, -0.15) is 23.3 Å². The van der Waals surface area contributed by atoms with Crippen LogP contribution in [-0.2, 0) is 14.8 Å². The van der Waals surface area contributed by atoms with E-state index in [9.17, 15) is 26.8 Å². The van der Waals surface area contributed by atoms with Gasteiger partial charge < -0.3 is 9.64 Å². The van der Waals surface area contributed by atoms with E-state index < -0.39 is 34.4 Å². The molecule has 1 saturated heterocycles. The Kier molecular flexibility index (Phi) is 7.17. The van der Waals surface area contributed by atoms with Crippen molar-refractivity contribution in [3.05, 3.63) is 6.20 Å². The van der Waals surface area contributed by atoms with Gasteiger partial charge in [0, 0.05) is 25.3 Å². The highest BCUT2D eigenvalue weighted by atomic mass is 32.2. The summed E-state index contributed by atoms with van der Waals surface area (Å²) >= 11 is 0. The smallest absolute Gasteiger partial charge is 0.375 e. The van der Waals surface area contributed by atoms with Gasteiger partial charge in [-0.1, -0.05) is 0 Å². The van der Waals surface area contributed by atoms with Crippen LogP contribution in [0.15, 0.2) is 6.20 Å². The molecule has 2 aromatic heterocycles. The van der Waals surface area contributed by atoms with E-state index >= 15 is 0 Å². The lowest BCUT2D eigenvalue weighted by molar-refractivity contribution is -0.130. The molecule has 3 heterocycles. The predicted molar refractivity (Wildman–Crippen MR) is 117 cm³/mol.